The molecule has 0 aromatic rings. The van der Waals surface area contributed by atoms with E-state index in [1.54, 1.807) is 0 Å². The van der Waals surface area contributed by atoms with Gasteiger partial charge in [-0.1, -0.05) is 46.5 Å². The molecule has 8 heavy (non-hydrogen) atoms. The first-order chi connectivity index (χ1) is 3.81. The standard InChI is InChI=1S/C8H17/c1-4-6-8(3)7-5-2/h8H,3-7H2,1-2H3. The van der Waals surface area contributed by atoms with Crippen molar-refractivity contribution in [2.45, 2.75) is 39.5 Å². The minimum atomic E-state index is 0.713. The number of hydrogen-bond acceptors (Lipinski definition) is 0. The molecule has 0 heterocycles. The maximum absolute atomic E-state index is 4.02. The maximum Gasteiger partial charge on any atom is -0.0414 e. The maximum atomic E-state index is 4.02. The van der Waals surface area contributed by atoms with Gasteiger partial charge in [0.25, 0.3) is 0 Å². The molecule has 0 bridgehead atoms. The normalized spacial score (nSPS) is 10.5. The van der Waals surface area contributed by atoms with E-state index in [4.69, 9.17) is 0 Å². The predicted octanol–water partition coefficient (Wildman–Crippen LogP) is 3.04. The summed E-state index contributed by atoms with van der Waals surface area (Å²) in [6.07, 6.45) is 5.17. The zero-order valence-electron chi connectivity index (χ0n) is 6.11. The summed E-state index contributed by atoms with van der Waals surface area (Å²) in [7, 11) is 0. The summed E-state index contributed by atoms with van der Waals surface area (Å²) in [5.41, 5.74) is 0. The summed E-state index contributed by atoms with van der Waals surface area (Å²) in [5, 5.41) is 0. The van der Waals surface area contributed by atoms with E-state index in [0.717, 1.165) is 0 Å². The van der Waals surface area contributed by atoms with E-state index in [9.17, 15) is 0 Å². The zero-order valence-corrected chi connectivity index (χ0v) is 6.11. The van der Waals surface area contributed by atoms with E-state index >= 15 is 0 Å². The van der Waals surface area contributed by atoms with Crippen molar-refractivity contribution in [2.75, 3.05) is 0 Å². The zero-order chi connectivity index (χ0) is 6.41. The highest BCUT2D eigenvalue weighted by atomic mass is 14.0. The Morgan fingerprint density at radius 2 is 1.50 bits per heavy atom. The van der Waals surface area contributed by atoms with Crippen LogP contribution in [0.2, 0.25) is 0 Å². The van der Waals surface area contributed by atoms with Gasteiger partial charge >= 0.3 is 0 Å². The van der Waals surface area contributed by atoms with Crippen LogP contribution in [0.3, 0.4) is 0 Å². The van der Waals surface area contributed by atoms with Crippen molar-refractivity contribution in [3.63, 3.8) is 0 Å². The van der Waals surface area contributed by atoms with Crippen molar-refractivity contribution in [1.82, 2.24) is 0 Å². The lowest BCUT2D eigenvalue weighted by Crippen LogP contribution is -1.91. The lowest BCUT2D eigenvalue weighted by Gasteiger charge is -2.05. The fourth-order valence-corrected chi connectivity index (χ4v) is 0.961. The van der Waals surface area contributed by atoms with E-state index in [-0.39, 0.29) is 0 Å². The Morgan fingerprint density at radius 3 is 1.75 bits per heavy atom. The second-order valence-electron chi connectivity index (χ2n) is 2.44. The van der Waals surface area contributed by atoms with Crippen LogP contribution in [0, 0.1) is 12.8 Å². The molecule has 0 saturated heterocycles. The first-order valence-corrected chi connectivity index (χ1v) is 3.64. The summed E-state index contributed by atoms with van der Waals surface area (Å²) in [6.45, 7) is 8.45. The third-order valence-corrected chi connectivity index (χ3v) is 1.39. The summed E-state index contributed by atoms with van der Waals surface area (Å²) in [6, 6.07) is 0. The second-order valence-corrected chi connectivity index (χ2v) is 2.44. The Morgan fingerprint density at radius 1 is 1.12 bits per heavy atom. The molecule has 0 nitrogen and oxygen atoms in total. The van der Waals surface area contributed by atoms with Crippen LogP contribution < -0.4 is 0 Å². The highest BCUT2D eigenvalue weighted by Gasteiger charge is 1.95. The fraction of sp³-hybridized carbons (Fsp3) is 0.875. The molecule has 0 rings (SSSR count). The highest BCUT2D eigenvalue weighted by molar-refractivity contribution is 4.58. The fourth-order valence-electron chi connectivity index (χ4n) is 0.961. The molecule has 0 atom stereocenters. The van der Waals surface area contributed by atoms with Crippen LogP contribution in [-0.4, -0.2) is 0 Å². The quantitative estimate of drug-likeness (QED) is 0.525. The van der Waals surface area contributed by atoms with Crippen LogP contribution in [0.15, 0.2) is 0 Å². The monoisotopic (exact) mass is 113 g/mol. The van der Waals surface area contributed by atoms with Gasteiger partial charge in [0.15, 0.2) is 0 Å². The second kappa shape index (κ2) is 5.14. The topological polar surface area (TPSA) is 0 Å². The lowest BCUT2D eigenvalue weighted by molar-refractivity contribution is 0.526. The van der Waals surface area contributed by atoms with Gasteiger partial charge in [0, 0.05) is 0 Å². The van der Waals surface area contributed by atoms with E-state index < -0.39 is 0 Å². The van der Waals surface area contributed by atoms with Crippen LogP contribution in [-0.2, 0) is 0 Å². The molecule has 1 radical (unpaired) electrons. The average Bonchev–Trinajstić information content (AvgIpc) is 1.68. The van der Waals surface area contributed by atoms with Crippen molar-refractivity contribution in [2.24, 2.45) is 5.92 Å². The van der Waals surface area contributed by atoms with Gasteiger partial charge in [-0.15, -0.1) is 0 Å². The molecule has 0 aliphatic heterocycles. The summed E-state index contributed by atoms with van der Waals surface area (Å²) >= 11 is 0. The van der Waals surface area contributed by atoms with Gasteiger partial charge in [0.05, 0.1) is 0 Å². The summed E-state index contributed by atoms with van der Waals surface area (Å²) < 4.78 is 0. The Bertz CT molecular complexity index is 33.3. The largest absolute Gasteiger partial charge is 0.0654 e. The third-order valence-electron chi connectivity index (χ3n) is 1.39. The van der Waals surface area contributed by atoms with Crippen molar-refractivity contribution in [3.8, 4) is 0 Å². The van der Waals surface area contributed by atoms with Gasteiger partial charge < -0.3 is 0 Å². The van der Waals surface area contributed by atoms with E-state index in [0.29, 0.717) is 5.92 Å². The molecule has 0 aliphatic carbocycles. The third kappa shape index (κ3) is 4.17. The van der Waals surface area contributed by atoms with Crippen LogP contribution in [0.25, 0.3) is 0 Å². The van der Waals surface area contributed by atoms with Gasteiger partial charge in [-0.2, -0.15) is 0 Å². The Hall–Kier alpha value is 0. The summed E-state index contributed by atoms with van der Waals surface area (Å²) in [4.78, 5) is 0. The molecule has 0 amide bonds. The molecule has 0 aromatic heterocycles. The van der Waals surface area contributed by atoms with Gasteiger partial charge in [-0.3, -0.25) is 0 Å². The van der Waals surface area contributed by atoms with E-state index in [2.05, 4.69) is 20.8 Å². The van der Waals surface area contributed by atoms with Crippen LogP contribution in [0.1, 0.15) is 39.5 Å². The van der Waals surface area contributed by atoms with Crippen LogP contribution in [0.4, 0.5) is 0 Å². The molecule has 0 aromatic carbocycles. The molecule has 0 fully saturated rings. The average molecular weight is 113 g/mol. The van der Waals surface area contributed by atoms with Crippen LogP contribution >= 0.6 is 0 Å². The molecular weight excluding hydrogens is 96.1 g/mol. The Labute approximate surface area is 53.3 Å². The number of hydrogen-bond donors (Lipinski definition) is 0. The molecule has 0 N–H and O–H groups in total. The van der Waals surface area contributed by atoms with E-state index in [1.165, 1.54) is 25.7 Å². The van der Waals surface area contributed by atoms with Crippen molar-refractivity contribution in [1.29, 1.82) is 0 Å². The molecule has 49 valence electrons. The molecule has 0 spiro atoms. The Kier molecular flexibility index (Phi) is 5.14. The molecule has 0 unspecified atom stereocenters. The van der Waals surface area contributed by atoms with Gasteiger partial charge in [-0.25, -0.2) is 0 Å². The molecule has 0 saturated carbocycles. The lowest BCUT2D eigenvalue weighted by atomic mass is 10.0. The SMILES string of the molecule is [CH2]C(CCC)CCC. The minimum Gasteiger partial charge on any atom is -0.0654 e. The smallest absolute Gasteiger partial charge is 0.0414 e. The minimum absolute atomic E-state index is 0.713. The molecule has 0 aliphatic rings. The van der Waals surface area contributed by atoms with Crippen LogP contribution in [0.5, 0.6) is 0 Å². The predicted molar refractivity (Wildman–Crippen MR) is 38.7 cm³/mol. The summed E-state index contributed by atoms with van der Waals surface area (Å²) in [5.74, 6) is 0.713. The van der Waals surface area contributed by atoms with E-state index in [1.807, 2.05) is 0 Å². The van der Waals surface area contributed by atoms with Gasteiger partial charge in [0.1, 0.15) is 0 Å². The first kappa shape index (κ1) is 8.00. The van der Waals surface area contributed by atoms with Gasteiger partial charge in [-0.05, 0) is 5.92 Å². The number of rotatable bonds is 4. The van der Waals surface area contributed by atoms with Crippen molar-refractivity contribution in [3.05, 3.63) is 6.92 Å². The van der Waals surface area contributed by atoms with Crippen molar-refractivity contribution >= 4 is 0 Å². The van der Waals surface area contributed by atoms with Gasteiger partial charge in [0.2, 0.25) is 0 Å². The van der Waals surface area contributed by atoms with Crippen molar-refractivity contribution < 1.29 is 0 Å². The molecular formula is C8H17. The Balaban J connectivity index is 2.92. The molecule has 0 heteroatoms. The highest BCUT2D eigenvalue weighted by Crippen LogP contribution is 2.10. The first-order valence-electron chi connectivity index (χ1n) is 3.64.